The largest absolute Gasteiger partial charge is 0.457 e. The first-order valence-electron chi connectivity index (χ1n) is 15.1. The van der Waals surface area contributed by atoms with Crippen LogP contribution in [-0.4, -0.2) is 60.6 Å². The SMILES string of the molecule is Nc1ncnc2c1c(-c1ccc(Oc3ccccc3)cc1)nn2C1CCN(Cc2cccnc2NC2CCC(=O)NC2=O)CC1. The number of amides is 2. The Morgan fingerprint density at radius 3 is 2.47 bits per heavy atom. The molecule has 2 amide bonds. The number of hydrogen-bond donors (Lipinski definition) is 3. The number of nitrogens with one attached hydrogen (secondary N) is 2. The number of imide groups is 1. The number of aromatic nitrogens is 5. The Morgan fingerprint density at radius 1 is 0.911 bits per heavy atom. The fourth-order valence-electron chi connectivity index (χ4n) is 6.01. The van der Waals surface area contributed by atoms with Crippen molar-refractivity contribution in [1.82, 2.24) is 34.9 Å². The molecule has 2 aliphatic rings. The number of ether oxygens (including phenoxy) is 1. The number of anilines is 2. The highest BCUT2D eigenvalue weighted by atomic mass is 16.5. The lowest BCUT2D eigenvalue weighted by Crippen LogP contribution is -2.47. The van der Waals surface area contributed by atoms with E-state index in [-0.39, 0.29) is 17.9 Å². The molecule has 7 rings (SSSR count). The number of pyridine rings is 1. The number of nitrogens with two attached hydrogens (primary N) is 1. The van der Waals surface area contributed by atoms with Gasteiger partial charge < -0.3 is 15.8 Å². The number of nitrogens with zero attached hydrogens (tertiary/aromatic N) is 6. The van der Waals surface area contributed by atoms with Crippen LogP contribution < -0.4 is 21.1 Å². The van der Waals surface area contributed by atoms with E-state index in [2.05, 4.69) is 30.5 Å². The van der Waals surface area contributed by atoms with Crippen LogP contribution in [0.4, 0.5) is 11.6 Å². The zero-order valence-corrected chi connectivity index (χ0v) is 24.6. The molecule has 1 unspecified atom stereocenters. The van der Waals surface area contributed by atoms with Crippen molar-refractivity contribution in [3.05, 3.63) is 84.8 Å². The number of carbonyl (C=O) groups excluding carboxylic acids is 2. The smallest absolute Gasteiger partial charge is 0.249 e. The first-order chi connectivity index (χ1) is 22.0. The Hall–Kier alpha value is -5.36. The molecular formula is C33H33N9O3. The van der Waals surface area contributed by atoms with Gasteiger partial charge in [0.15, 0.2) is 5.65 Å². The lowest BCUT2D eigenvalue weighted by Gasteiger charge is -2.32. The van der Waals surface area contributed by atoms with Gasteiger partial charge in [-0.3, -0.25) is 19.8 Å². The van der Waals surface area contributed by atoms with Crippen molar-refractivity contribution in [2.24, 2.45) is 0 Å². The van der Waals surface area contributed by atoms with E-state index < -0.39 is 6.04 Å². The molecule has 4 N–H and O–H groups in total. The van der Waals surface area contributed by atoms with Crippen molar-refractivity contribution in [2.75, 3.05) is 24.1 Å². The molecule has 0 bridgehead atoms. The zero-order valence-electron chi connectivity index (χ0n) is 24.6. The molecule has 1 atom stereocenters. The lowest BCUT2D eigenvalue weighted by molar-refractivity contribution is -0.133. The van der Waals surface area contributed by atoms with Gasteiger partial charge in [-0.25, -0.2) is 19.6 Å². The monoisotopic (exact) mass is 603 g/mol. The van der Waals surface area contributed by atoms with Crippen LogP contribution in [0.3, 0.4) is 0 Å². The molecule has 5 heterocycles. The molecule has 12 nitrogen and oxygen atoms in total. The Bertz CT molecular complexity index is 1830. The third kappa shape index (κ3) is 6.04. The summed E-state index contributed by atoms with van der Waals surface area (Å²) in [7, 11) is 0. The fourth-order valence-corrected chi connectivity index (χ4v) is 6.01. The lowest BCUT2D eigenvalue weighted by atomic mass is 10.0. The van der Waals surface area contributed by atoms with Gasteiger partial charge in [0, 0.05) is 43.4 Å². The molecular weight excluding hydrogens is 570 g/mol. The Kier molecular flexibility index (Phi) is 7.78. The van der Waals surface area contributed by atoms with Crippen LogP contribution in [0.15, 0.2) is 79.3 Å². The summed E-state index contributed by atoms with van der Waals surface area (Å²) in [5.41, 5.74) is 9.77. The predicted molar refractivity (Wildman–Crippen MR) is 169 cm³/mol. The van der Waals surface area contributed by atoms with Gasteiger partial charge in [0.2, 0.25) is 11.8 Å². The molecule has 2 aromatic carbocycles. The number of nitrogen functional groups attached to an aromatic ring is 1. The third-order valence-electron chi connectivity index (χ3n) is 8.36. The summed E-state index contributed by atoms with van der Waals surface area (Å²) in [5, 5.41) is 11.5. The number of fused-ring (bicyclic) bond motifs is 1. The molecule has 0 saturated carbocycles. The van der Waals surface area contributed by atoms with Crippen LogP contribution >= 0.6 is 0 Å². The minimum Gasteiger partial charge on any atom is -0.457 e. The van der Waals surface area contributed by atoms with Crippen LogP contribution in [0.25, 0.3) is 22.3 Å². The summed E-state index contributed by atoms with van der Waals surface area (Å²) in [5.74, 6) is 2.03. The van der Waals surface area contributed by atoms with Gasteiger partial charge in [-0.2, -0.15) is 5.10 Å². The molecule has 5 aromatic rings. The van der Waals surface area contributed by atoms with E-state index >= 15 is 0 Å². The highest BCUT2D eigenvalue weighted by Gasteiger charge is 2.29. The molecule has 0 aliphatic carbocycles. The van der Waals surface area contributed by atoms with E-state index in [1.165, 1.54) is 6.33 Å². The molecule has 12 heteroatoms. The van der Waals surface area contributed by atoms with E-state index in [1.807, 2.05) is 71.4 Å². The fraction of sp³-hybridized carbons (Fsp3) is 0.273. The molecule has 3 aromatic heterocycles. The standard InChI is InChI=1S/C33H33N9O3/c34-30-28-29(21-8-10-25(11-9-21)45-24-6-2-1-3-7-24)40-42(32(28)37-20-36-30)23-14-17-41(18-15-23)19-22-5-4-16-35-31(22)38-26-12-13-27(43)39-33(26)44/h1-11,16,20,23,26H,12-15,17-19H2,(H,35,38)(H2,34,36,37)(H,39,43,44). The van der Waals surface area contributed by atoms with Crippen LogP contribution in [0.5, 0.6) is 11.5 Å². The Labute approximate surface area is 259 Å². The van der Waals surface area contributed by atoms with Gasteiger partial charge in [0.05, 0.1) is 11.4 Å². The number of rotatable bonds is 8. The first-order valence-corrected chi connectivity index (χ1v) is 15.1. The normalized spacial score (nSPS) is 17.7. The number of likely N-dealkylation sites (tertiary alicyclic amines) is 1. The van der Waals surface area contributed by atoms with Crippen molar-refractivity contribution in [1.29, 1.82) is 0 Å². The Morgan fingerprint density at radius 2 is 1.69 bits per heavy atom. The molecule has 2 saturated heterocycles. The first kappa shape index (κ1) is 28.4. The van der Waals surface area contributed by atoms with Gasteiger partial charge >= 0.3 is 0 Å². The summed E-state index contributed by atoms with van der Waals surface area (Å²) in [4.78, 5) is 39.6. The average molecular weight is 604 g/mol. The molecule has 2 aliphatic heterocycles. The van der Waals surface area contributed by atoms with Gasteiger partial charge in [0.1, 0.15) is 41.2 Å². The Balaban J connectivity index is 1.06. The minimum atomic E-state index is -0.480. The van der Waals surface area contributed by atoms with E-state index in [9.17, 15) is 9.59 Å². The summed E-state index contributed by atoms with van der Waals surface area (Å²) >= 11 is 0. The van der Waals surface area contributed by atoms with Crippen molar-refractivity contribution in [3.8, 4) is 22.8 Å². The molecule has 45 heavy (non-hydrogen) atoms. The van der Waals surface area contributed by atoms with Gasteiger partial charge in [0.25, 0.3) is 0 Å². The van der Waals surface area contributed by atoms with E-state index in [4.69, 9.17) is 15.6 Å². The maximum Gasteiger partial charge on any atom is 0.249 e. The summed E-state index contributed by atoms with van der Waals surface area (Å²) in [6, 6.07) is 21.1. The van der Waals surface area contributed by atoms with Crippen LogP contribution in [0.2, 0.25) is 0 Å². The summed E-state index contributed by atoms with van der Waals surface area (Å²) < 4.78 is 7.98. The van der Waals surface area contributed by atoms with Crippen molar-refractivity contribution >= 4 is 34.5 Å². The van der Waals surface area contributed by atoms with Crippen molar-refractivity contribution in [3.63, 3.8) is 0 Å². The van der Waals surface area contributed by atoms with Crippen LogP contribution in [0.1, 0.15) is 37.3 Å². The number of carbonyl (C=O) groups is 2. The van der Waals surface area contributed by atoms with E-state index in [0.29, 0.717) is 31.0 Å². The van der Waals surface area contributed by atoms with Crippen molar-refractivity contribution < 1.29 is 14.3 Å². The van der Waals surface area contributed by atoms with E-state index in [0.717, 1.165) is 65.3 Å². The van der Waals surface area contributed by atoms with Gasteiger partial charge in [-0.15, -0.1) is 0 Å². The number of para-hydroxylation sites is 1. The molecule has 228 valence electrons. The molecule has 0 spiro atoms. The second-order valence-electron chi connectivity index (χ2n) is 11.4. The van der Waals surface area contributed by atoms with Crippen molar-refractivity contribution in [2.45, 2.75) is 44.3 Å². The maximum atomic E-state index is 12.3. The second-order valence-corrected chi connectivity index (χ2v) is 11.4. The average Bonchev–Trinajstić information content (AvgIpc) is 3.45. The topological polar surface area (TPSA) is 153 Å². The second kappa shape index (κ2) is 12.3. The highest BCUT2D eigenvalue weighted by Crippen LogP contribution is 2.35. The third-order valence-corrected chi connectivity index (χ3v) is 8.36. The quantitative estimate of drug-likeness (QED) is 0.219. The number of piperidine rings is 2. The maximum absolute atomic E-state index is 12.3. The molecule has 2 fully saturated rings. The number of benzene rings is 2. The minimum absolute atomic E-state index is 0.141. The van der Waals surface area contributed by atoms with Gasteiger partial charge in [-0.05, 0) is 61.7 Å². The van der Waals surface area contributed by atoms with Crippen LogP contribution in [0, 0.1) is 0 Å². The molecule has 0 radical (unpaired) electrons. The van der Waals surface area contributed by atoms with E-state index in [1.54, 1.807) is 6.20 Å². The summed E-state index contributed by atoms with van der Waals surface area (Å²) in [6.45, 7) is 2.38. The van der Waals surface area contributed by atoms with Crippen LogP contribution in [-0.2, 0) is 16.1 Å². The predicted octanol–water partition coefficient (Wildman–Crippen LogP) is 4.32. The zero-order chi connectivity index (χ0) is 30.8. The highest BCUT2D eigenvalue weighted by molar-refractivity contribution is 6.01. The van der Waals surface area contributed by atoms with Gasteiger partial charge in [-0.1, -0.05) is 24.3 Å². The number of hydrogen-bond acceptors (Lipinski definition) is 10. The summed E-state index contributed by atoms with van der Waals surface area (Å²) in [6.07, 6.45) is 5.71.